The molecule has 2 heterocycles. The molecular weight excluding hydrogens is 540 g/mol. The Morgan fingerprint density at radius 3 is 1.23 bits per heavy atom. The highest BCUT2D eigenvalue weighted by Gasteiger charge is 2.22. The summed E-state index contributed by atoms with van der Waals surface area (Å²) >= 11 is 0. The van der Waals surface area contributed by atoms with E-state index >= 15 is 0 Å². The molecule has 2 fully saturated rings. The highest BCUT2D eigenvalue weighted by Crippen LogP contribution is 2.21. The highest BCUT2D eigenvalue weighted by atomic mass is 16.2. The van der Waals surface area contributed by atoms with Crippen molar-refractivity contribution in [2.24, 2.45) is 11.8 Å². The fraction of sp³-hybridized carbons (Fsp3) is 0.543. The Bertz CT molecular complexity index is 1120. The number of carbonyl (C=O) groups is 4. The van der Waals surface area contributed by atoms with E-state index in [0.717, 1.165) is 84.0 Å². The number of piperidine rings is 2. The van der Waals surface area contributed by atoms with Gasteiger partial charge in [0.15, 0.2) is 0 Å². The predicted octanol–water partition coefficient (Wildman–Crippen LogP) is 6.74. The van der Waals surface area contributed by atoms with Crippen LogP contribution in [-0.4, -0.2) is 59.6 Å². The Morgan fingerprint density at radius 2 is 0.884 bits per heavy atom. The summed E-state index contributed by atoms with van der Waals surface area (Å²) in [6.07, 6.45) is 9.52. The summed E-state index contributed by atoms with van der Waals surface area (Å²) in [7, 11) is 0. The van der Waals surface area contributed by atoms with Crippen LogP contribution in [0, 0.1) is 11.8 Å². The van der Waals surface area contributed by atoms with Gasteiger partial charge in [0.05, 0.1) is 0 Å². The Kier molecular flexibility index (Phi) is 12.2. The number of benzene rings is 2. The fourth-order valence-corrected chi connectivity index (χ4v) is 5.73. The average molecular weight is 589 g/mol. The average Bonchev–Trinajstić information content (AvgIpc) is 3.01. The Labute approximate surface area is 256 Å². The summed E-state index contributed by atoms with van der Waals surface area (Å²) < 4.78 is 0. The maximum Gasteiger partial charge on any atom is 0.253 e. The monoisotopic (exact) mass is 588 g/mol. The summed E-state index contributed by atoms with van der Waals surface area (Å²) in [5.41, 5.74) is 2.73. The van der Waals surface area contributed by atoms with E-state index in [4.69, 9.17) is 0 Å². The van der Waals surface area contributed by atoms with Gasteiger partial charge in [-0.15, -0.1) is 0 Å². The molecule has 0 atom stereocenters. The molecule has 0 radical (unpaired) electrons. The predicted molar refractivity (Wildman–Crippen MR) is 171 cm³/mol. The van der Waals surface area contributed by atoms with Gasteiger partial charge in [0.1, 0.15) is 0 Å². The number of amides is 4. The van der Waals surface area contributed by atoms with Gasteiger partial charge in [0.2, 0.25) is 11.8 Å². The molecule has 0 bridgehead atoms. The van der Waals surface area contributed by atoms with Gasteiger partial charge in [-0.1, -0.05) is 33.1 Å². The number of anilines is 2. The van der Waals surface area contributed by atoms with Crippen molar-refractivity contribution in [2.75, 3.05) is 36.8 Å². The number of hydrogen-bond acceptors (Lipinski definition) is 4. The largest absolute Gasteiger partial charge is 0.339 e. The molecule has 43 heavy (non-hydrogen) atoms. The van der Waals surface area contributed by atoms with Crippen molar-refractivity contribution >= 4 is 35.0 Å². The molecule has 0 unspecified atom stereocenters. The van der Waals surface area contributed by atoms with Gasteiger partial charge in [-0.2, -0.15) is 0 Å². The van der Waals surface area contributed by atoms with Gasteiger partial charge in [-0.25, -0.2) is 0 Å². The second-order valence-electron chi connectivity index (χ2n) is 12.5. The minimum absolute atomic E-state index is 0.0262. The van der Waals surface area contributed by atoms with Crippen LogP contribution in [0.3, 0.4) is 0 Å². The third kappa shape index (κ3) is 10.2. The molecule has 232 valence electrons. The van der Waals surface area contributed by atoms with Gasteiger partial charge in [0, 0.05) is 61.5 Å². The van der Waals surface area contributed by atoms with Gasteiger partial charge in [-0.05, 0) is 98.9 Å². The lowest BCUT2D eigenvalue weighted by Crippen LogP contribution is -2.37. The van der Waals surface area contributed by atoms with E-state index in [2.05, 4.69) is 24.5 Å². The lowest BCUT2D eigenvalue weighted by Gasteiger charge is -2.30. The Hall–Kier alpha value is -3.68. The second kappa shape index (κ2) is 16.2. The first-order valence-electron chi connectivity index (χ1n) is 16.2. The molecule has 2 saturated heterocycles. The van der Waals surface area contributed by atoms with E-state index < -0.39 is 0 Å². The maximum atomic E-state index is 12.7. The van der Waals surface area contributed by atoms with Crippen molar-refractivity contribution < 1.29 is 19.2 Å². The van der Waals surface area contributed by atoms with E-state index in [1.54, 1.807) is 48.5 Å². The van der Waals surface area contributed by atoms with E-state index in [9.17, 15) is 19.2 Å². The molecule has 0 aromatic heterocycles. The second-order valence-corrected chi connectivity index (χ2v) is 12.5. The third-order valence-corrected chi connectivity index (χ3v) is 8.78. The topological polar surface area (TPSA) is 98.8 Å². The van der Waals surface area contributed by atoms with Gasteiger partial charge in [0.25, 0.3) is 11.8 Å². The van der Waals surface area contributed by atoms with Crippen LogP contribution in [0.15, 0.2) is 48.5 Å². The van der Waals surface area contributed by atoms with Crippen LogP contribution < -0.4 is 10.6 Å². The molecule has 2 aliphatic heterocycles. The summed E-state index contributed by atoms with van der Waals surface area (Å²) in [6.45, 7) is 7.69. The fourth-order valence-electron chi connectivity index (χ4n) is 5.73. The van der Waals surface area contributed by atoms with Crippen LogP contribution in [-0.2, 0) is 9.59 Å². The molecule has 8 nitrogen and oxygen atoms in total. The van der Waals surface area contributed by atoms with Crippen LogP contribution in [0.4, 0.5) is 11.4 Å². The summed E-state index contributed by atoms with van der Waals surface area (Å²) in [4.78, 5) is 53.9. The normalized spacial score (nSPS) is 16.1. The lowest BCUT2D eigenvalue weighted by molar-refractivity contribution is -0.117. The zero-order valence-electron chi connectivity index (χ0n) is 25.9. The number of hydrogen-bond donors (Lipinski definition) is 2. The first-order chi connectivity index (χ1) is 20.8. The SMILES string of the molecule is CC1CCN(C(=O)c2ccc(NC(=O)CCCCCCCC(=O)Nc3ccc(C(=O)N4CCC(C)CC4)cc3)cc2)CC1. The first-order valence-corrected chi connectivity index (χ1v) is 16.2. The van der Waals surface area contributed by atoms with Crippen LogP contribution in [0.1, 0.15) is 105 Å². The van der Waals surface area contributed by atoms with Gasteiger partial charge < -0.3 is 20.4 Å². The highest BCUT2D eigenvalue weighted by molar-refractivity contribution is 5.96. The van der Waals surface area contributed by atoms with Gasteiger partial charge >= 0.3 is 0 Å². The third-order valence-electron chi connectivity index (χ3n) is 8.78. The molecule has 2 aromatic rings. The standard InChI is InChI=1S/C35H48N4O4/c1-26-18-22-38(23-19-26)34(42)28-10-14-30(15-11-28)36-32(40)8-6-4-3-5-7-9-33(41)37-31-16-12-29(13-17-31)35(43)39-24-20-27(2)21-25-39/h10-17,26-27H,3-9,18-25H2,1-2H3,(H,36,40)(H,37,41). The molecule has 2 N–H and O–H groups in total. The van der Waals surface area contributed by atoms with E-state index in [0.29, 0.717) is 47.2 Å². The van der Waals surface area contributed by atoms with E-state index in [1.807, 2.05) is 9.80 Å². The lowest BCUT2D eigenvalue weighted by atomic mass is 9.98. The number of carbonyl (C=O) groups excluding carboxylic acids is 4. The molecule has 2 aromatic carbocycles. The molecule has 4 rings (SSSR count). The Balaban J connectivity index is 1.04. The van der Waals surface area contributed by atoms with Gasteiger partial charge in [-0.3, -0.25) is 19.2 Å². The summed E-state index contributed by atoms with van der Waals surface area (Å²) in [6, 6.07) is 14.4. The zero-order chi connectivity index (χ0) is 30.6. The van der Waals surface area contributed by atoms with Crippen molar-refractivity contribution in [3.63, 3.8) is 0 Å². The van der Waals surface area contributed by atoms with Crippen LogP contribution >= 0.6 is 0 Å². The van der Waals surface area contributed by atoms with Crippen molar-refractivity contribution in [1.29, 1.82) is 0 Å². The molecular formula is C35H48N4O4. The van der Waals surface area contributed by atoms with Crippen molar-refractivity contribution in [2.45, 2.75) is 84.5 Å². The molecule has 0 spiro atoms. The first kappa shape index (κ1) is 32.2. The van der Waals surface area contributed by atoms with Crippen molar-refractivity contribution in [3.05, 3.63) is 59.7 Å². The summed E-state index contributed by atoms with van der Waals surface area (Å²) in [5.74, 6) is 1.43. The molecule has 0 aliphatic carbocycles. The van der Waals surface area contributed by atoms with Crippen molar-refractivity contribution in [1.82, 2.24) is 9.80 Å². The van der Waals surface area contributed by atoms with Crippen molar-refractivity contribution in [3.8, 4) is 0 Å². The molecule has 8 heteroatoms. The molecule has 4 amide bonds. The Morgan fingerprint density at radius 1 is 0.558 bits per heavy atom. The zero-order valence-corrected chi connectivity index (χ0v) is 25.9. The molecule has 0 saturated carbocycles. The number of nitrogens with one attached hydrogen (secondary N) is 2. The number of nitrogens with zero attached hydrogens (tertiary/aromatic N) is 2. The number of rotatable bonds is 12. The smallest absolute Gasteiger partial charge is 0.253 e. The molecule has 2 aliphatic rings. The van der Waals surface area contributed by atoms with Crippen LogP contribution in [0.2, 0.25) is 0 Å². The number of likely N-dealkylation sites (tertiary alicyclic amines) is 2. The van der Waals surface area contributed by atoms with E-state index in [-0.39, 0.29) is 23.6 Å². The van der Waals surface area contributed by atoms with E-state index in [1.165, 1.54) is 0 Å². The summed E-state index contributed by atoms with van der Waals surface area (Å²) in [5, 5.41) is 5.85. The minimum atomic E-state index is -0.0262. The van der Waals surface area contributed by atoms with Crippen LogP contribution in [0.25, 0.3) is 0 Å². The van der Waals surface area contributed by atoms with Crippen LogP contribution in [0.5, 0.6) is 0 Å². The maximum absolute atomic E-state index is 12.7. The number of unbranched alkanes of at least 4 members (excludes halogenated alkanes) is 4. The minimum Gasteiger partial charge on any atom is -0.339 e. The quantitative estimate of drug-likeness (QED) is 0.268.